The van der Waals surface area contributed by atoms with Gasteiger partial charge in [-0.1, -0.05) is 12.1 Å². The molecule has 3 rings (SSSR count). The third-order valence-corrected chi connectivity index (χ3v) is 4.92. The molecule has 0 amide bonds. The normalized spacial score (nSPS) is 11.2. The van der Waals surface area contributed by atoms with Crippen molar-refractivity contribution >= 4 is 15.7 Å². The van der Waals surface area contributed by atoms with Crippen LogP contribution >= 0.6 is 0 Å². The Morgan fingerprint density at radius 3 is 2.56 bits per heavy atom. The lowest BCUT2D eigenvalue weighted by Gasteiger charge is -2.10. The number of benzene rings is 2. The Hall–Kier alpha value is -3.07. The van der Waals surface area contributed by atoms with E-state index in [1.165, 1.54) is 12.1 Å². The summed E-state index contributed by atoms with van der Waals surface area (Å²) >= 11 is 0. The first-order chi connectivity index (χ1) is 12.9. The molecule has 1 heterocycles. The van der Waals surface area contributed by atoms with E-state index in [0.717, 1.165) is 12.1 Å². The van der Waals surface area contributed by atoms with Crippen LogP contribution in [0.4, 0.5) is 14.5 Å². The molecule has 0 radical (unpaired) electrons. The van der Waals surface area contributed by atoms with Gasteiger partial charge in [0.05, 0.1) is 12.3 Å². The minimum Gasteiger partial charge on any atom is -0.477 e. The molecule has 0 unspecified atom stereocenters. The zero-order valence-corrected chi connectivity index (χ0v) is 15.0. The molecule has 0 aliphatic heterocycles. The average Bonchev–Trinajstić information content (AvgIpc) is 2.64. The second-order valence-corrected chi connectivity index (χ2v) is 7.10. The Morgan fingerprint density at radius 2 is 1.85 bits per heavy atom. The molecule has 1 aromatic heterocycles. The summed E-state index contributed by atoms with van der Waals surface area (Å²) in [7, 11) is -4.30. The van der Waals surface area contributed by atoms with Crippen LogP contribution in [0.15, 0.2) is 59.5 Å². The van der Waals surface area contributed by atoms with Crippen molar-refractivity contribution in [1.82, 2.24) is 10.2 Å². The summed E-state index contributed by atoms with van der Waals surface area (Å²) in [5.41, 5.74) is 1.26. The SMILES string of the molecule is CCOc1ccc(-c2cccc(NS(=O)(=O)c3cc(F)ccc3F)c2)nn1. The fraction of sp³-hybridized carbons (Fsp3) is 0.111. The highest BCUT2D eigenvalue weighted by Crippen LogP contribution is 2.24. The van der Waals surface area contributed by atoms with Crippen molar-refractivity contribution in [3.05, 3.63) is 66.2 Å². The fourth-order valence-corrected chi connectivity index (χ4v) is 3.47. The summed E-state index contributed by atoms with van der Waals surface area (Å²) in [6.07, 6.45) is 0. The van der Waals surface area contributed by atoms with Crippen molar-refractivity contribution in [1.29, 1.82) is 0 Å². The predicted molar refractivity (Wildman–Crippen MR) is 95.8 cm³/mol. The third kappa shape index (κ3) is 4.37. The van der Waals surface area contributed by atoms with Crippen molar-refractivity contribution in [2.45, 2.75) is 11.8 Å². The second kappa shape index (κ2) is 7.67. The minimum atomic E-state index is -4.30. The first-order valence-electron chi connectivity index (χ1n) is 7.94. The number of hydrogen-bond acceptors (Lipinski definition) is 5. The maximum absolute atomic E-state index is 13.8. The third-order valence-electron chi connectivity index (χ3n) is 3.53. The zero-order valence-electron chi connectivity index (χ0n) is 14.2. The van der Waals surface area contributed by atoms with Crippen LogP contribution in [-0.4, -0.2) is 25.2 Å². The smallest absolute Gasteiger partial charge is 0.264 e. The molecular weight excluding hydrogens is 376 g/mol. The highest BCUT2D eigenvalue weighted by atomic mass is 32.2. The van der Waals surface area contributed by atoms with Crippen LogP contribution in [0.2, 0.25) is 0 Å². The summed E-state index contributed by atoms with van der Waals surface area (Å²) in [4.78, 5) is -0.770. The van der Waals surface area contributed by atoms with Crippen LogP contribution < -0.4 is 9.46 Å². The van der Waals surface area contributed by atoms with Crippen LogP contribution in [0.1, 0.15) is 6.92 Å². The van der Waals surface area contributed by atoms with Crippen LogP contribution in [0.5, 0.6) is 5.88 Å². The van der Waals surface area contributed by atoms with Gasteiger partial charge in [-0.3, -0.25) is 4.72 Å². The number of hydrogen-bond donors (Lipinski definition) is 1. The van der Waals surface area contributed by atoms with E-state index in [-0.39, 0.29) is 5.69 Å². The number of nitrogens with zero attached hydrogens (tertiary/aromatic N) is 2. The number of ether oxygens (including phenoxy) is 1. The number of halogens is 2. The standard InChI is InChI=1S/C18H15F2N3O3S/c1-2-26-18-9-8-16(21-22-18)12-4-3-5-14(10-12)23-27(24,25)17-11-13(19)6-7-15(17)20/h3-11,23H,2H2,1H3. The van der Waals surface area contributed by atoms with E-state index in [1.807, 2.05) is 6.92 Å². The van der Waals surface area contributed by atoms with Gasteiger partial charge >= 0.3 is 0 Å². The summed E-state index contributed by atoms with van der Waals surface area (Å²) in [6, 6.07) is 11.9. The van der Waals surface area contributed by atoms with Gasteiger partial charge in [0.2, 0.25) is 5.88 Å². The van der Waals surface area contributed by atoms with Gasteiger partial charge in [0.1, 0.15) is 16.5 Å². The van der Waals surface area contributed by atoms with Crippen molar-refractivity contribution in [2.75, 3.05) is 11.3 Å². The van der Waals surface area contributed by atoms with Gasteiger partial charge in [-0.2, -0.15) is 0 Å². The van der Waals surface area contributed by atoms with E-state index >= 15 is 0 Å². The maximum atomic E-state index is 13.8. The van der Waals surface area contributed by atoms with Crippen molar-refractivity contribution in [3.8, 4) is 17.1 Å². The molecule has 0 saturated heterocycles. The Morgan fingerprint density at radius 1 is 1.04 bits per heavy atom. The predicted octanol–water partition coefficient (Wildman–Crippen LogP) is 3.62. The van der Waals surface area contributed by atoms with E-state index in [2.05, 4.69) is 14.9 Å². The molecule has 0 saturated carbocycles. The van der Waals surface area contributed by atoms with E-state index in [9.17, 15) is 17.2 Å². The van der Waals surface area contributed by atoms with Crippen LogP contribution in [0.25, 0.3) is 11.3 Å². The Kier molecular flexibility index (Phi) is 5.31. The monoisotopic (exact) mass is 391 g/mol. The molecule has 0 aliphatic carbocycles. The van der Waals surface area contributed by atoms with Gasteiger partial charge in [0, 0.05) is 17.3 Å². The Balaban J connectivity index is 1.88. The van der Waals surface area contributed by atoms with Gasteiger partial charge in [-0.25, -0.2) is 17.2 Å². The quantitative estimate of drug-likeness (QED) is 0.694. The summed E-state index contributed by atoms with van der Waals surface area (Å²) < 4.78 is 59.3. The number of sulfonamides is 1. The molecule has 2 aromatic carbocycles. The largest absolute Gasteiger partial charge is 0.477 e. The highest BCUT2D eigenvalue weighted by Gasteiger charge is 2.20. The molecule has 1 N–H and O–H groups in total. The number of anilines is 1. The minimum absolute atomic E-state index is 0.173. The lowest BCUT2D eigenvalue weighted by atomic mass is 10.1. The lowest BCUT2D eigenvalue weighted by Crippen LogP contribution is -2.15. The Labute approximate surface area is 154 Å². The van der Waals surface area contributed by atoms with Crippen molar-refractivity contribution in [2.24, 2.45) is 0 Å². The molecule has 9 heteroatoms. The van der Waals surface area contributed by atoms with Crippen LogP contribution in [-0.2, 0) is 10.0 Å². The van der Waals surface area contributed by atoms with E-state index in [1.54, 1.807) is 24.3 Å². The van der Waals surface area contributed by atoms with Crippen LogP contribution in [0.3, 0.4) is 0 Å². The Bertz CT molecular complexity index is 1060. The van der Waals surface area contributed by atoms with E-state index in [0.29, 0.717) is 29.8 Å². The van der Waals surface area contributed by atoms with Gasteiger partial charge in [-0.05, 0) is 43.3 Å². The fourth-order valence-electron chi connectivity index (χ4n) is 2.33. The molecule has 0 spiro atoms. The summed E-state index contributed by atoms with van der Waals surface area (Å²) in [5, 5.41) is 7.94. The number of nitrogens with one attached hydrogen (secondary N) is 1. The molecule has 140 valence electrons. The summed E-state index contributed by atoms with van der Waals surface area (Å²) in [5.74, 6) is -1.52. The molecule has 3 aromatic rings. The molecular formula is C18H15F2N3O3S. The van der Waals surface area contributed by atoms with E-state index in [4.69, 9.17) is 4.74 Å². The molecule has 0 aliphatic rings. The molecule has 6 nitrogen and oxygen atoms in total. The molecule has 0 fully saturated rings. The van der Waals surface area contributed by atoms with Crippen molar-refractivity contribution in [3.63, 3.8) is 0 Å². The second-order valence-electron chi connectivity index (χ2n) is 5.45. The molecule has 27 heavy (non-hydrogen) atoms. The van der Waals surface area contributed by atoms with Crippen molar-refractivity contribution < 1.29 is 21.9 Å². The molecule has 0 bridgehead atoms. The number of rotatable bonds is 6. The average molecular weight is 391 g/mol. The topological polar surface area (TPSA) is 81.2 Å². The first kappa shape index (κ1) is 18.7. The highest BCUT2D eigenvalue weighted by molar-refractivity contribution is 7.92. The van der Waals surface area contributed by atoms with Crippen LogP contribution in [0, 0.1) is 11.6 Å². The maximum Gasteiger partial charge on any atom is 0.264 e. The van der Waals surface area contributed by atoms with Gasteiger partial charge in [0.25, 0.3) is 10.0 Å². The summed E-state index contributed by atoms with van der Waals surface area (Å²) in [6.45, 7) is 2.29. The van der Waals surface area contributed by atoms with Gasteiger partial charge < -0.3 is 4.74 Å². The van der Waals surface area contributed by atoms with Gasteiger partial charge in [-0.15, -0.1) is 10.2 Å². The first-order valence-corrected chi connectivity index (χ1v) is 9.42. The zero-order chi connectivity index (χ0) is 19.4. The molecule has 0 atom stereocenters. The van der Waals surface area contributed by atoms with Gasteiger partial charge in [0.15, 0.2) is 0 Å². The van der Waals surface area contributed by atoms with E-state index < -0.39 is 26.6 Å². The number of aromatic nitrogens is 2. The lowest BCUT2D eigenvalue weighted by molar-refractivity contribution is 0.323.